The van der Waals surface area contributed by atoms with Crippen LogP contribution in [0.2, 0.25) is 0 Å². The summed E-state index contributed by atoms with van der Waals surface area (Å²) in [5, 5.41) is 5.92. The maximum absolute atomic E-state index is 12.5. The Kier molecular flexibility index (Phi) is 5.07. The van der Waals surface area contributed by atoms with Crippen molar-refractivity contribution in [1.82, 2.24) is 9.60 Å². The van der Waals surface area contributed by atoms with Crippen molar-refractivity contribution in [3.8, 4) is 0 Å². The second-order valence-corrected chi connectivity index (χ2v) is 8.70. The number of nitrogens with one attached hydrogen (secondary N) is 1. The maximum atomic E-state index is 12.5. The molecular formula is C22H34N3O+. The van der Waals surface area contributed by atoms with Crippen LogP contribution in [0.15, 0.2) is 18.2 Å². The molecule has 3 fully saturated rings. The Bertz CT molecular complexity index is 659. The first kappa shape index (κ1) is 18.0. The van der Waals surface area contributed by atoms with Crippen molar-refractivity contribution in [2.45, 2.75) is 71.3 Å². The van der Waals surface area contributed by atoms with Gasteiger partial charge in [0.1, 0.15) is 13.1 Å². The zero-order valence-corrected chi connectivity index (χ0v) is 16.5. The maximum Gasteiger partial charge on any atom is 0.227 e. The van der Waals surface area contributed by atoms with E-state index in [1.807, 2.05) is 0 Å². The molecule has 1 N–H and O–H groups in total. The topological polar surface area (TPSA) is 32.3 Å². The second kappa shape index (κ2) is 7.32. The van der Waals surface area contributed by atoms with E-state index in [2.05, 4.69) is 42.4 Å². The van der Waals surface area contributed by atoms with Crippen molar-refractivity contribution in [2.24, 2.45) is 5.92 Å². The lowest BCUT2D eigenvalue weighted by Crippen LogP contribution is -2.61. The smallest absolute Gasteiger partial charge is 0.227 e. The molecule has 0 bridgehead atoms. The molecule has 1 aromatic carbocycles. The van der Waals surface area contributed by atoms with Crippen LogP contribution in [0.1, 0.15) is 63.9 Å². The summed E-state index contributed by atoms with van der Waals surface area (Å²) in [5.41, 5.74) is 3.61. The van der Waals surface area contributed by atoms with E-state index >= 15 is 0 Å². The highest BCUT2D eigenvalue weighted by molar-refractivity contribution is 5.93. The van der Waals surface area contributed by atoms with Crippen LogP contribution >= 0.6 is 0 Å². The summed E-state index contributed by atoms with van der Waals surface area (Å²) in [7, 11) is 0. The minimum Gasteiger partial charge on any atom is -0.326 e. The van der Waals surface area contributed by atoms with Crippen LogP contribution in [-0.4, -0.2) is 36.6 Å². The van der Waals surface area contributed by atoms with Gasteiger partial charge in [0.25, 0.3) is 0 Å². The van der Waals surface area contributed by atoms with Gasteiger partial charge in [0.15, 0.2) is 5.69 Å². The lowest BCUT2D eigenvalue weighted by molar-refractivity contribution is -0.119. The van der Waals surface area contributed by atoms with E-state index in [1.165, 1.54) is 69.4 Å². The summed E-state index contributed by atoms with van der Waals surface area (Å²) in [5.74, 6) is 0.438. The molecule has 1 saturated carbocycles. The highest BCUT2D eigenvalue weighted by Crippen LogP contribution is 2.38. The van der Waals surface area contributed by atoms with E-state index in [1.54, 1.807) is 0 Å². The Morgan fingerprint density at radius 2 is 1.81 bits per heavy atom. The van der Waals surface area contributed by atoms with Crippen molar-refractivity contribution >= 4 is 17.3 Å². The van der Waals surface area contributed by atoms with Gasteiger partial charge in [-0.3, -0.25) is 4.79 Å². The molecule has 1 aliphatic carbocycles. The number of hydrogen-bond acceptors (Lipinski definition) is 2. The predicted octanol–water partition coefficient (Wildman–Crippen LogP) is 4.62. The van der Waals surface area contributed by atoms with Crippen molar-refractivity contribution < 1.29 is 4.79 Å². The normalized spacial score (nSPS) is 26.5. The van der Waals surface area contributed by atoms with Crippen molar-refractivity contribution in [1.29, 1.82) is 0 Å². The number of carbonyl (C=O) groups excluding carboxylic acids is 1. The first-order valence-electron chi connectivity index (χ1n) is 10.7. The van der Waals surface area contributed by atoms with Crippen LogP contribution in [0.5, 0.6) is 0 Å². The fraction of sp³-hybridized carbons (Fsp3) is 0.682. The SMILES string of the molecule is Cc1cc([N+]2(N3CCC[C@@H]3C)CCCC2)ccc1NC(=O)C1CCCC1. The largest absolute Gasteiger partial charge is 0.326 e. The molecular weight excluding hydrogens is 322 g/mol. The first-order valence-corrected chi connectivity index (χ1v) is 10.7. The quantitative estimate of drug-likeness (QED) is 0.798. The molecule has 0 spiro atoms. The van der Waals surface area contributed by atoms with Crippen molar-refractivity contribution in [3.63, 3.8) is 0 Å². The first-order chi connectivity index (χ1) is 12.6. The molecule has 2 saturated heterocycles. The van der Waals surface area contributed by atoms with E-state index in [-0.39, 0.29) is 11.8 Å². The summed E-state index contributed by atoms with van der Waals surface area (Å²) < 4.78 is 1.03. The van der Waals surface area contributed by atoms with Gasteiger partial charge in [-0.05, 0) is 51.2 Å². The Hall–Kier alpha value is -1.39. The Morgan fingerprint density at radius 3 is 2.42 bits per heavy atom. The van der Waals surface area contributed by atoms with E-state index < -0.39 is 0 Å². The van der Waals surface area contributed by atoms with E-state index in [0.717, 1.165) is 23.1 Å². The number of amides is 1. The van der Waals surface area contributed by atoms with Gasteiger partial charge in [0, 0.05) is 43.1 Å². The minimum absolute atomic E-state index is 0.219. The summed E-state index contributed by atoms with van der Waals surface area (Å²) in [6.45, 7) is 8.18. The number of aryl methyl sites for hydroxylation is 1. The summed E-state index contributed by atoms with van der Waals surface area (Å²) in [6, 6.07) is 7.42. The van der Waals surface area contributed by atoms with Crippen LogP contribution < -0.4 is 9.91 Å². The fourth-order valence-electron chi connectivity index (χ4n) is 5.48. The molecule has 2 aliphatic heterocycles. The van der Waals surface area contributed by atoms with Crippen LogP contribution in [0.25, 0.3) is 0 Å². The Labute approximate surface area is 158 Å². The number of anilines is 1. The fourth-order valence-corrected chi connectivity index (χ4v) is 5.48. The lowest BCUT2D eigenvalue weighted by atomic mass is 10.1. The number of quaternary nitrogens is 1. The molecule has 0 radical (unpaired) electrons. The number of nitrogens with zero attached hydrogens (tertiary/aromatic N) is 2. The highest BCUT2D eigenvalue weighted by atomic mass is 16.1. The third kappa shape index (κ3) is 3.18. The standard InChI is InChI=1S/C22H33N3O/c1-17-16-20(11-12-21(17)23-22(26)19-9-3-4-10-19)25(14-5-6-15-25)24-13-7-8-18(24)2/h11-12,16,18-19H,3-10,13-15H2,1-2H3/p+1/t18-/m0/s1. The number of rotatable bonds is 4. The van der Waals surface area contributed by atoms with Gasteiger partial charge >= 0.3 is 0 Å². The number of benzene rings is 1. The molecule has 0 unspecified atom stereocenters. The molecule has 1 amide bonds. The third-order valence-electron chi connectivity index (χ3n) is 6.99. The van der Waals surface area contributed by atoms with Crippen LogP contribution in [-0.2, 0) is 4.79 Å². The lowest BCUT2D eigenvalue weighted by Gasteiger charge is -2.43. The molecule has 1 atom stereocenters. The zero-order valence-electron chi connectivity index (χ0n) is 16.5. The number of carbonyl (C=O) groups is 1. The average Bonchev–Trinajstić information content (AvgIpc) is 3.38. The second-order valence-electron chi connectivity index (χ2n) is 8.70. The van der Waals surface area contributed by atoms with E-state index in [9.17, 15) is 4.79 Å². The molecule has 4 rings (SSSR count). The van der Waals surface area contributed by atoms with Crippen molar-refractivity contribution in [2.75, 3.05) is 25.0 Å². The summed E-state index contributed by atoms with van der Waals surface area (Å²) in [4.78, 5) is 12.5. The van der Waals surface area contributed by atoms with Gasteiger partial charge < -0.3 is 5.32 Å². The molecule has 26 heavy (non-hydrogen) atoms. The predicted molar refractivity (Wildman–Crippen MR) is 108 cm³/mol. The molecule has 1 aromatic rings. The average molecular weight is 357 g/mol. The highest BCUT2D eigenvalue weighted by Gasteiger charge is 2.45. The van der Waals surface area contributed by atoms with Gasteiger partial charge in [-0.15, -0.1) is 5.01 Å². The molecule has 4 heteroatoms. The molecule has 3 aliphatic rings. The minimum atomic E-state index is 0.219. The van der Waals surface area contributed by atoms with Gasteiger partial charge in [0.2, 0.25) is 5.91 Å². The van der Waals surface area contributed by atoms with Gasteiger partial charge in [0.05, 0.1) is 6.04 Å². The van der Waals surface area contributed by atoms with Crippen LogP contribution in [0.4, 0.5) is 11.4 Å². The molecule has 0 aromatic heterocycles. The van der Waals surface area contributed by atoms with E-state index in [0.29, 0.717) is 6.04 Å². The summed E-state index contributed by atoms with van der Waals surface area (Å²) >= 11 is 0. The molecule has 142 valence electrons. The van der Waals surface area contributed by atoms with E-state index in [4.69, 9.17) is 0 Å². The third-order valence-corrected chi connectivity index (χ3v) is 6.99. The zero-order chi connectivity index (χ0) is 18.1. The Balaban J connectivity index is 1.57. The van der Waals surface area contributed by atoms with Crippen LogP contribution in [0.3, 0.4) is 0 Å². The van der Waals surface area contributed by atoms with Crippen molar-refractivity contribution in [3.05, 3.63) is 23.8 Å². The Morgan fingerprint density at radius 1 is 1.08 bits per heavy atom. The number of hydrogen-bond donors (Lipinski definition) is 1. The molecule has 4 nitrogen and oxygen atoms in total. The van der Waals surface area contributed by atoms with Gasteiger partial charge in [-0.25, -0.2) is 4.59 Å². The summed E-state index contributed by atoms with van der Waals surface area (Å²) in [6.07, 6.45) is 9.74. The van der Waals surface area contributed by atoms with Gasteiger partial charge in [-0.2, -0.15) is 0 Å². The monoisotopic (exact) mass is 356 g/mol. The van der Waals surface area contributed by atoms with Crippen LogP contribution in [0, 0.1) is 12.8 Å². The molecule has 2 heterocycles. The van der Waals surface area contributed by atoms with Gasteiger partial charge in [-0.1, -0.05) is 12.8 Å².